The molecule has 0 radical (unpaired) electrons. The van der Waals surface area contributed by atoms with Crippen LogP contribution >= 0.6 is 11.8 Å². The van der Waals surface area contributed by atoms with E-state index in [1.165, 1.54) is 23.7 Å². The van der Waals surface area contributed by atoms with E-state index in [0.717, 1.165) is 34.6 Å². The van der Waals surface area contributed by atoms with Crippen molar-refractivity contribution in [1.29, 1.82) is 0 Å². The average Bonchev–Trinajstić information content (AvgIpc) is 3.33. The molecule has 0 atom stereocenters. The van der Waals surface area contributed by atoms with E-state index in [4.69, 9.17) is 4.74 Å². The lowest BCUT2D eigenvalue weighted by Crippen LogP contribution is -2.45. The molecule has 1 aliphatic rings. The van der Waals surface area contributed by atoms with Gasteiger partial charge in [0.05, 0.1) is 23.0 Å². The van der Waals surface area contributed by atoms with Gasteiger partial charge < -0.3 is 10.1 Å². The van der Waals surface area contributed by atoms with E-state index in [1.807, 2.05) is 36.4 Å². The maximum Gasteiger partial charge on any atom is 0.230 e. The van der Waals surface area contributed by atoms with Crippen LogP contribution in [0.4, 0.5) is 0 Å². The summed E-state index contributed by atoms with van der Waals surface area (Å²) in [4.78, 5) is 21.6. The van der Waals surface area contributed by atoms with Crippen molar-refractivity contribution < 1.29 is 9.53 Å². The molecule has 0 saturated carbocycles. The van der Waals surface area contributed by atoms with Crippen molar-refractivity contribution in [1.82, 2.24) is 25.1 Å². The van der Waals surface area contributed by atoms with Crippen molar-refractivity contribution in [2.24, 2.45) is 0 Å². The number of hydrogen-bond acceptors (Lipinski definition) is 6. The molecule has 33 heavy (non-hydrogen) atoms. The zero-order valence-corrected chi connectivity index (χ0v) is 19.0. The van der Waals surface area contributed by atoms with Crippen LogP contribution in [0.3, 0.4) is 0 Å². The number of para-hydroxylation sites is 1. The Morgan fingerprint density at radius 1 is 1.03 bits per heavy atom. The number of amides is 1. The molecule has 0 unspecified atom stereocenters. The quantitative estimate of drug-likeness (QED) is 0.335. The number of hydrogen-bond donors (Lipinski definition) is 1. The fourth-order valence-electron chi connectivity index (χ4n) is 4.27. The lowest BCUT2D eigenvalue weighted by molar-refractivity contribution is -0.119. The minimum Gasteiger partial charge on any atom is -0.381 e. The number of benzene rings is 2. The van der Waals surface area contributed by atoms with Gasteiger partial charge in [-0.15, -0.1) is 0 Å². The van der Waals surface area contributed by atoms with Gasteiger partial charge in [-0.25, -0.2) is 14.6 Å². The molecule has 0 aliphatic carbocycles. The second-order valence-corrected chi connectivity index (χ2v) is 9.10. The number of carbonyl (C=O) groups is 1. The third kappa shape index (κ3) is 4.62. The Bertz CT molecular complexity index is 1220. The van der Waals surface area contributed by atoms with Gasteiger partial charge in [0.25, 0.3) is 0 Å². The standard InChI is InChI=1S/C25H25N5O2S/c31-22(26-17-25(11-13-32-14-12-25)19-7-3-1-4-8-19)16-33-24-21-15-29-30(23(21)27-18-28-24)20-9-5-2-6-10-20/h1-10,15,18H,11-14,16-17H2,(H,26,31). The van der Waals surface area contributed by atoms with E-state index in [1.54, 1.807) is 10.9 Å². The first kappa shape index (κ1) is 21.6. The van der Waals surface area contributed by atoms with Crippen molar-refractivity contribution >= 4 is 28.7 Å². The first-order valence-corrected chi connectivity index (χ1v) is 12.0. The minimum atomic E-state index is -0.0845. The number of fused-ring (bicyclic) bond motifs is 1. The van der Waals surface area contributed by atoms with Crippen LogP contribution in [0.2, 0.25) is 0 Å². The van der Waals surface area contributed by atoms with Gasteiger partial charge in [0.15, 0.2) is 5.65 Å². The summed E-state index contributed by atoms with van der Waals surface area (Å²) in [6.07, 6.45) is 5.08. The van der Waals surface area contributed by atoms with Crippen molar-refractivity contribution in [3.05, 3.63) is 78.8 Å². The molecule has 3 heterocycles. The number of ether oxygens (including phenoxy) is 1. The van der Waals surface area contributed by atoms with Gasteiger partial charge in [0.2, 0.25) is 5.91 Å². The van der Waals surface area contributed by atoms with Gasteiger partial charge >= 0.3 is 0 Å². The van der Waals surface area contributed by atoms with Gasteiger partial charge in [0.1, 0.15) is 11.4 Å². The summed E-state index contributed by atoms with van der Waals surface area (Å²) in [5.74, 6) is 0.272. The van der Waals surface area contributed by atoms with Crippen molar-refractivity contribution in [2.45, 2.75) is 23.3 Å². The molecule has 0 spiro atoms. The van der Waals surface area contributed by atoms with Gasteiger partial charge in [0, 0.05) is 25.2 Å². The van der Waals surface area contributed by atoms with E-state index in [9.17, 15) is 4.79 Å². The Hall–Kier alpha value is -3.23. The predicted octanol–water partition coefficient (Wildman–Crippen LogP) is 3.77. The van der Waals surface area contributed by atoms with Crippen LogP contribution in [0.15, 0.2) is 78.2 Å². The Morgan fingerprint density at radius 3 is 2.52 bits per heavy atom. The highest BCUT2D eigenvalue weighted by Crippen LogP contribution is 2.34. The first-order chi connectivity index (χ1) is 16.3. The third-order valence-electron chi connectivity index (χ3n) is 6.13. The van der Waals surface area contributed by atoms with E-state index in [2.05, 4.69) is 44.6 Å². The maximum absolute atomic E-state index is 12.8. The monoisotopic (exact) mass is 459 g/mol. The van der Waals surface area contributed by atoms with Crippen molar-refractivity contribution in [3.63, 3.8) is 0 Å². The SMILES string of the molecule is O=C(CSc1ncnc2c1cnn2-c1ccccc1)NCC1(c2ccccc2)CCOCC1. The number of rotatable bonds is 7. The summed E-state index contributed by atoms with van der Waals surface area (Å²) in [6, 6.07) is 20.3. The van der Waals surface area contributed by atoms with Crippen LogP contribution in [0.25, 0.3) is 16.7 Å². The molecule has 5 rings (SSSR count). The van der Waals surface area contributed by atoms with E-state index in [-0.39, 0.29) is 17.1 Å². The Morgan fingerprint density at radius 2 is 1.76 bits per heavy atom. The summed E-state index contributed by atoms with van der Waals surface area (Å²) in [7, 11) is 0. The lowest BCUT2D eigenvalue weighted by atomic mass is 9.74. The fourth-order valence-corrected chi connectivity index (χ4v) is 5.06. The lowest BCUT2D eigenvalue weighted by Gasteiger charge is -2.38. The molecular weight excluding hydrogens is 434 g/mol. The fraction of sp³-hybridized carbons (Fsp3) is 0.280. The second-order valence-electron chi connectivity index (χ2n) is 8.13. The van der Waals surface area contributed by atoms with Gasteiger partial charge in [-0.3, -0.25) is 4.79 Å². The molecule has 1 fully saturated rings. The normalized spacial score (nSPS) is 15.4. The molecule has 0 bridgehead atoms. The van der Waals surface area contributed by atoms with Gasteiger partial charge in [-0.05, 0) is 30.5 Å². The molecule has 168 valence electrons. The van der Waals surface area contributed by atoms with Crippen LogP contribution in [0.1, 0.15) is 18.4 Å². The number of carbonyl (C=O) groups excluding carboxylic acids is 1. The minimum absolute atomic E-state index is 0.0102. The van der Waals surface area contributed by atoms with Crippen molar-refractivity contribution in [3.8, 4) is 5.69 Å². The van der Waals surface area contributed by atoms with Crippen LogP contribution in [0.5, 0.6) is 0 Å². The van der Waals surface area contributed by atoms with E-state index < -0.39 is 0 Å². The van der Waals surface area contributed by atoms with Crippen LogP contribution in [-0.2, 0) is 14.9 Å². The molecular formula is C25H25N5O2S. The second kappa shape index (κ2) is 9.72. The summed E-state index contributed by atoms with van der Waals surface area (Å²) < 4.78 is 7.38. The highest BCUT2D eigenvalue weighted by atomic mass is 32.2. The molecule has 2 aromatic carbocycles. The van der Waals surface area contributed by atoms with Crippen molar-refractivity contribution in [2.75, 3.05) is 25.5 Å². The first-order valence-electron chi connectivity index (χ1n) is 11.0. The Balaban J connectivity index is 1.26. The summed E-state index contributed by atoms with van der Waals surface area (Å²) >= 11 is 1.41. The van der Waals surface area contributed by atoms with E-state index in [0.29, 0.717) is 19.8 Å². The third-order valence-corrected chi connectivity index (χ3v) is 7.14. The largest absolute Gasteiger partial charge is 0.381 e. The molecule has 8 heteroatoms. The van der Waals surface area contributed by atoms with E-state index >= 15 is 0 Å². The van der Waals surface area contributed by atoms with Crippen LogP contribution < -0.4 is 5.32 Å². The molecule has 1 saturated heterocycles. The Labute approximate surface area is 196 Å². The zero-order chi connectivity index (χ0) is 22.5. The summed E-state index contributed by atoms with van der Waals surface area (Å²) in [6.45, 7) is 2.03. The average molecular weight is 460 g/mol. The topological polar surface area (TPSA) is 81.9 Å². The van der Waals surface area contributed by atoms with Gasteiger partial charge in [-0.1, -0.05) is 60.3 Å². The highest BCUT2D eigenvalue weighted by Gasteiger charge is 2.34. The number of thioether (sulfide) groups is 1. The maximum atomic E-state index is 12.8. The summed E-state index contributed by atoms with van der Waals surface area (Å²) in [5.41, 5.74) is 2.83. The molecule has 1 amide bonds. The summed E-state index contributed by atoms with van der Waals surface area (Å²) in [5, 5.41) is 9.23. The molecule has 1 aliphatic heterocycles. The molecule has 2 aromatic heterocycles. The zero-order valence-electron chi connectivity index (χ0n) is 18.2. The van der Waals surface area contributed by atoms with Crippen LogP contribution in [0, 0.1) is 0 Å². The molecule has 7 nitrogen and oxygen atoms in total. The van der Waals surface area contributed by atoms with Gasteiger partial charge in [-0.2, -0.15) is 5.10 Å². The highest BCUT2D eigenvalue weighted by molar-refractivity contribution is 8.00. The number of nitrogens with one attached hydrogen (secondary N) is 1. The Kier molecular flexibility index (Phi) is 6.37. The molecule has 1 N–H and O–H groups in total. The van der Waals surface area contributed by atoms with Crippen LogP contribution in [-0.4, -0.2) is 51.2 Å². The smallest absolute Gasteiger partial charge is 0.230 e. The number of nitrogens with zero attached hydrogens (tertiary/aromatic N) is 4. The molecule has 4 aromatic rings. The predicted molar refractivity (Wildman–Crippen MR) is 129 cm³/mol. The number of aromatic nitrogens is 4.